The first-order valence-electron chi connectivity index (χ1n) is 12.9. The molecular weight excluding hydrogens is 584 g/mol. The van der Waals surface area contributed by atoms with E-state index < -0.39 is 39.4 Å². The first kappa shape index (κ1) is 31.3. The predicted octanol–water partition coefficient (Wildman–Crippen LogP) is 4.27. The molecule has 1 fully saturated rings. The number of hydrogen-bond acceptors (Lipinski definition) is 8. The zero-order valence-corrected chi connectivity index (χ0v) is 23.6. The molecule has 2 aromatic rings. The van der Waals surface area contributed by atoms with Crippen molar-refractivity contribution in [1.29, 1.82) is 0 Å². The average Bonchev–Trinajstić information content (AvgIpc) is 3.22. The van der Waals surface area contributed by atoms with Crippen molar-refractivity contribution in [1.82, 2.24) is 9.37 Å². The molecule has 1 saturated heterocycles. The molecule has 0 aliphatic carbocycles. The molecule has 2 heterocycles. The number of anilines is 1. The van der Waals surface area contributed by atoms with Crippen molar-refractivity contribution >= 4 is 27.5 Å². The Hall–Kier alpha value is -3.69. The van der Waals surface area contributed by atoms with Crippen LogP contribution in [0.4, 0.5) is 23.2 Å². The molecule has 1 spiro atoms. The third-order valence-corrected chi connectivity index (χ3v) is 9.13. The van der Waals surface area contributed by atoms with Crippen molar-refractivity contribution in [3.8, 4) is 5.75 Å². The van der Waals surface area contributed by atoms with Gasteiger partial charge in [0.15, 0.2) is 5.84 Å². The van der Waals surface area contributed by atoms with Crippen LogP contribution in [-0.4, -0.2) is 77.1 Å². The van der Waals surface area contributed by atoms with E-state index in [1.807, 2.05) is 0 Å². The zero-order chi connectivity index (χ0) is 30.9. The number of amidine groups is 1. The van der Waals surface area contributed by atoms with Crippen molar-refractivity contribution in [3.63, 3.8) is 0 Å². The Bertz CT molecular complexity index is 1500. The summed E-state index contributed by atoms with van der Waals surface area (Å²) in [4.78, 5) is 17.3. The number of piperidine rings is 1. The minimum Gasteiger partial charge on any atom is -0.514 e. The second-order valence-electron chi connectivity index (χ2n) is 10.2. The lowest BCUT2D eigenvalue weighted by molar-refractivity contribution is -0.274. The van der Waals surface area contributed by atoms with Crippen LogP contribution >= 0.6 is 0 Å². The number of sulfonamides is 1. The predicted molar refractivity (Wildman–Crippen MR) is 145 cm³/mol. The zero-order valence-electron chi connectivity index (χ0n) is 22.8. The monoisotopic (exact) mass is 614 g/mol. The van der Waals surface area contributed by atoms with Crippen molar-refractivity contribution in [3.05, 3.63) is 71.4 Å². The van der Waals surface area contributed by atoms with E-state index in [0.29, 0.717) is 17.4 Å². The largest absolute Gasteiger partial charge is 0.573 e. The fourth-order valence-corrected chi connectivity index (χ4v) is 6.59. The van der Waals surface area contributed by atoms with Crippen LogP contribution < -0.4 is 9.64 Å². The Balaban J connectivity index is 1.42. The third-order valence-electron chi connectivity index (χ3n) is 7.25. The molecule has 10 nitrogen and oxygen atoms in total. The summed E-state index contributed by atoms with van der Waals surface area (Å²) in [5.74, 6) is -1.96. The number of hydrogen-bond donors (Lipinski definition) is 2. The molecule has 4 rings (SSSR count). The topological polar surface area (TPSA) is 123 Å². The lowest BCUT2D eigenvalue weighted by Crippen LogP contribution is -2.48. The highest BCUT2D eigenvalue weighted by Crippen LogP contribution is 2.35. The number of aliphatic hydroxyl groups is 1. The molecule has 15 heteroatoms. The van der Waals surface area contributed by atoms with Crippen molar-refractivity contribution < 1.29 is 45.8 Å². The fourth-order valence-electron chi connectivity index (χ4n) is 5.12. The number of amides is 1. The Morgan fingerprint density at radius 2 is 1.90 bits per heavy atom. The smallest absolute Gasteiger partial charge is 0.514 e. The van der Waals surface area contributed by atoms with E-state index in [0.717, 1.165) is 28.3 Å². The van der Waals surface area contributed by atoms with Crippen molar-refractivity contribution in [2.24, 2.45) is 4.99 Å². The Morgan fingerprint density at radius 1 is 1.21 bits per heavy atom. The number of aliphatic hydroxyl groups excluding tert-OH is 1. The minimum absolute atomic E-state index is 0.0198. The highest BCUT2D eigenvalue weighted by Gasteiger charge is 2.44. The standard InChI is InChI=1S/C27H30F4N4O6S/c1-18-14-24(34(11-12-36)19(2)37)23(28)16-20(18)6-13-42(39,40)33-9-7-26(8-10-33)17-35(38)25(32-26)21-4-3-5-22(15-21)41-27(29,30)31/h3-5,11-12,14-16,36,38H,6-10,13,17H2,1-2H3/b12-11+. The molecule has 0 aromatic heterocycles. The Morgan fingerprint density at radius 3 is 2.52 bits per heavy atom. The van der Waals surface area contributed by atoms with Gasteiger partial charge in [0.25, 0.3) is 0 Å². The first-order chi connectivity index (χ1) is 19.6. The number of alkyl halides is 3. The number of benzene rings is 2. The number of halogens is 4. The molecule has 2 aliphatic heterocycles. The summed E-state index contributed by atoms with van der Waals surface area (Å²) in [6.45, 7) is 3.14. The number of carbonyl (C=O) groups is 1. The molecule has 2 aromatic carbocycles. The molecule has 1 amide bonds. The number of aryl methyl sites for hydroxylation is 2. The molecule has 228 valence electrons. The van der Waals surface area contributed by atoms with E-state index in [-0.39, 0.29) is 61.7 Å². The molecular formula is C27H30F4N4O6S. The number of carbonyl (C=O) groups excluding carboxylic acids is 1. The van der Waals surface area contributed by atoms with Crippen LogP contribution in [0.2, 0.25) is 0 Å². The van der Waals surface area contributed by atoms with Gasteiger partial charge in [-0.05, 0) is 61.6 Å². The van der Waals surface area contributed by atoms with Crippen LogP contribution in [0.3, 0.4) is 0 Å². The average molecular weight is 615 g/mol. The quantitative estimate of drug-likeness (QED) is 0.336. The van der Waals surface area contributed by atoms with Gasteiger partial charge in [0.05, 0.1) is 29.8 Å². The van der Waals surface area contributed by atoms with Crippen molar-refractivity contribution in [2.45, 2.75) is 45.0 Å². The molecule has 2 N–H and O–H groups in total. The van der Waals surface area contributed by atoms with Crippen LogP contribution in [0.5, 0.6) is 5.75 Å². The Labute approximate surface area is 240 Å². The fraction of sp³-hybridized carbons (Fsp3) is 0.407. The number of nitrogens with zero attached hydrogens (tertiary/aromatic N) is 4. The molecule has 2 aliphatic rings. The summed E-state index contributed by atoms with van der Waals surface area (Å²) >= 11 is 0. The minimum atomic E-state index is -4.88. The highest BCUT2D eigenvalue weighted by molar-refractivity contribution is 7.89. The van der Waals surface area contributed by atoms with Crippen molar-refractivity contribution in [2.75, 3.05) is 30.3 Å². The maximum absolute atomic E-state index is 14.8. The SMILES string of the molecule is CC(=O)N(/C=C/O)c1cc(C)c(CCS(=O)(=O)N2CCC3(CC2)CN(O)C(c2cccc(OC(F)(F)F)c2)=N3)cc1F. The summed E-state index contributed by atoms with van der Waals surface area (Å²) in [7, 11) is -3.75. The van der Waals surface area contributed by atoms with E-state index in [9.17, 15) is 36.0 Å². The summed E-state index contributed by atoms with van der Waals surface area (Å²) in [6.07, 6.45) is -2.69. The maximum Gasteiger partial charge on any atom is 0.573 e. The van der Waals surface area contributed by atoms with E-state index in [1.165, 1.54) is 35.5 Å². The van der Waals surface area contributed by atoms with Gasteiger partial charge in [-0.2, -0.15) is 0 Å². The second-order valence-corrected chi connectivity index (χ2v) is 12.3. The van der Waals surface area contributed by atoms with Gasteiger partial charge in [0.1, 0.15) is 11.6 Å². The molecule has 42 heavy (non-hydrogen) atoms. The molecule has 0 bridgehead atoms. The summed E-state index contributed by atoms with van der Waals surface area (Å²) in [5.41, 5.74) is 0.337. The number of ether oxygens (including phenoxy) is 1. The van der Waals surface area contributed by atoms with E-state index in [1.54, 1.807) is 6.92 Å². The van der Waals surface area contributed by atoms with Gasteiger partial charge >= 0.3 is 6.36 Å². The van der Waals surface area contributed by atoms with Gasteiger partial charge in [-0.25, -0.2) is 22.2 Å². The highest BCUT2D eigenvalue weighted by atomic mass is 32.2. The number of aliphatic imine (C=N–C) groups is 1. The second kappa shape index (κ2) is 11.9. The summed E-state index contributed by atoms with van der Waals surface area (Å²) < 4.78 is 84.3. The van der Waals surface area contributed by atoms with Crippen LogP contribution in [0.15, 0.2) is 53.9 Å². The Kier molecular flexibility index (Phi) is 8.85. The van der Waals surface area contributed by atoms with Gasteiger partial charge in [-0.1, -0.05) is 12.1 Å². The number of hydroxylamine groups is 2. The third kappa shape index (κ3) is 7.02. The first-order valence-corrected chi connectivity index (χ1v) is 14.5. The summed E-state index contributed by atoms with van der Waals surface area (Å²) in [6, 6.07) is 7.66. The van der Waals surface area contributed by atoms with Gasteiger partial charge < -0.3 is 9.84 Å². The molecule has 0 saturated carbocycles. The molecule has 0 radical (unpaired) electrons. The van der Waals surface area contributed by atoms with E-state index in [4.69, 9.17) is 5.11 Å². The lowest BCUT2D eigenvalue weighted by Gasteiger charge is -2.36. The molecule has 0 unspecified atom stereocenters. The normalized spacial score (nSPS) is 17.6. The van der Waals surface area contributed by atoms with Gasteiger partial charge in [0, 0.05) is 31.8 Å². The lowest BCUT2D eigenvalue weighted by atomic mass is 9.90. The van der Waals surface area contributed by atoms with Gasteiger partial charge in [-0.3, -0.25) is 19.9 Å². The van der Waals surface area contributed by atoms with E-state index >= 15 is 0 Å². The van der Waals surface area contributed by atoms with Crippen LogP contribution in [0.1, 0.15) is 36.5 Å². The maximum atomic E-state index is 14.8. The van der Waals surface area contributed by atoms with Crippen LogP contribution in [0, 0.1) is 12.7 Å². The van der Waals surface area contributed by atoms with Gasteiger partial charge in [0.2, 0.25) is 15.9 Å². The summed E-state index contributed by atoms with van der Waals surface area (Å²) in [5, 5.41) is 20.4. The van der Waals surface area contributed by atoms with Crippen LogP contribution in [-0.2, 0) is 21.2 Å². The number of rotatable bonds is 8. The van der Waals surface area contributed by atoms with Crippen LogP contribution in [0.25, 0.3) is 0 Å². The van der Waals surface area contributed by atoms with E-state index in [2.05, 4.69) is 9.73 Å². The molecule has 0 atom stereocenters. The van der Waals surface area contributed by atoms with Gasteiger partial charge in [-0.15, -0.1) is 13.2 Å².